The van der Waals surface area contributed by atoms with Gasteiger partial charge in [0.15, 0.2) is 5.82 Å². The van der Waals surface area contributed by atoms with E-state index in [4.69, 9.17) is 11.6 Å². The lowest BCUT2D eigenvalue weighted by molar-refractivity contribution is 0.795. The molecule has 2 aromatic rings. The SMILES string of the molecule is Cc1ccn(-c2ccc(CCl)nn2)n1. The van der Waals surface area contributed by atoms with Crippen molar-refractivity contribution in [3.63, 3.8) is 0 Å². The third kappa shape index (κ3) is 1.75. The molecule has 0 aromatic carbocycles. The van der Waals surface area contributed by atoms with Gasteiger partial charge in [-0.15, -0.1) is 16.7 Å². The molecule has 14 heavy (non-hydrogen) atoms. The molecule has 0 atom stereocenters. The first-order valence-corrected chi connectivity index (χ1v) is 4.74. The van der Waals surface area contributed by atoms with Crippen LogP contribution in [0.2, 0.25) is 0 Å². The Morgan fingerprint density at radius 3 is 2.64 bits per heavy atom. The second-order valence-corrected chi connectivity index (χ2v) is 3.19. The van der Waals surface area contributed by atoms with Gasteiger partial charge in [-0.3, -0.25) is 0 Å². The number of halogens is 1. The van der Waals surface area contributed by atoms with Crippen LogP contribution in [0.1, 0.15) is 11.4 Å². The minimum Gasteiger partial charge on any atom is -0.221 e. The molecule has 0 radical (unpaired) electrons. The van der Waals surface area contributed by atoms with Gasteiger partial charge in [0.2, 0.25) is 0 Å². The van der Waals surface area contributed by atoms with E-state index < -0.39 is 0 Å². The van der Waals surface area contributed by atoms with Gasteiger partial charge in [-0.1, -0.05) is 0 Å². The zero-order valence-corrected chi connectivity index (χ0v) is 8.44. The zero-order chi connectivity index (χ0) is 9.97. The summed E-state index contributed by atoms with van der Waals surface area (Å²) in [4.78, 5) is 0. The molecule has 2 rings (SSSR count). The van der Waals surface area contributed by atoms with Gasteiger partial charge in [0.05, 0.1) is 17.3 Å². The summed E-state index contributed by atoms with van der Waals surface area (Å²) in [5.74, 6) is 1.08. The maximum atomic E-state index is 5.60. The van der Waals surface area contributed by atoms with E-state index in [-0.39, 0.29) is 0 Å². The summed E-state index contributed by atoms with van der Waals surface area (Å²) in [6, 6.07) is 5.60. The Kier molecular flexibility index (Phi) is 2.45. The van der Waals surface area contributed by atoms with Gasteiger partial charge >= 0.3 is 0 Å². The van der Waals surface area contributed by atoms with E-state index in [9.17, 15) is 0 Å². The maximum Gasteiger partial charge on any atom is 0.175 e. The molecule has 0 amide bonds. The summed E-state index contributed by atoms with van der Waals surface area (Å²) in [7, 11) is 0. The van der Waals surface area contributed by atoms with Crippen molar-refractivity contribution in [2.24, 2.45) is 0 Å². The van der Waals surface area contributed by atoms with E-state index >= 15 is 0 Å². The average Bonchev–Trinajstić information content (AvgIpc) is 2.65. The predicted octanol–water partition coefficient (Wildman–Crippen LogP) is 1.71. The van der Waals surface area contributed by atoms with Gasteiger partial charge < -0.3 is 0 Å². The van der Waals surface area contributed by atoms with Gasteiger partial charge in [-0.05, 0) is 25.1 Å². The Balaban J connectivity index is 2.33. The van der Waals surface area contributed by atoms with Crippen molar-refractivity contribution < 1.29 is 0 Å². The van der Waals surface area contributed by atoms with Crippen molar-refractivity contribution in [3.8, 4) is 5.82 Å². The fraction of sp³-hybridized carbons (Fsp3) is 0.222. The summed E-state index contributed by atoms with van der Waals surface area (Å²) in [5, 5.41) is 12.2. The van der Waals surface area contributed by atoms with Crippen LogP contribution in [0.15, 0.2) is 24.4 Å². The molecule has 4 nitrogen and oxygen atoms in total. The molecule has 0 aliphatic heterocycles. The number of alkyl halides is 1. The first kappa shape index (κ1) is 9.15. The van der Waals surface area contributed by atoms with Crippen molar-refractivity contribution in [2.75, 3.05) is 0 Å². The molecule has 0 unspecified atom stereocenters. The molecule has 5 heteroatoms. The zero-order valence-electron chi connectivity index (χ0n) is 7.68. The quantitative estimate of drug-likeness (QED) is 0.706. The van der Waals surface area contributed by atoms with Crippen LogP contribution in [0.3, 0.4) is 0 Å². The van der Waals surface area contributed by atoms with Crippen LogP contribution in [0.4, 0.5) is 0 Å². The number of rotatable bonds is 2. The molecule has 2 heterocycles. The van der Waals surface area contributed by atoms with Gasteiger partial charge in [-0.25, -0.2) is 4.68 Å². The second-order valence-electron chi connectivity index (χ2n) is 2.92. The highest BCUT2D eigenvalue weighted by Crippen LogP contribution is 2.04. The molecule has 2 aromatic heterocycles. The summed E-state index contributed by atoms with van der Waals surface area (Å²) < 4.78 is 1.68. The fourth-order valence-electron chi connectivity index (χ4n) is 1.09. The van der Waals surface area contributed by atoms with Crippen molar-refractivity contribution >= 4 is 11.6 Å². The Hall–Kier alpha value is -1.42. The lowest BCUT2D eigenvalue weighted by Crippen LogP contribution is -2.01. The van der Waals surface area contributed by atoms with E-state index in [1.807, 2.05) is 31.3 Å². The van der Waals surface area contributed by atoms with E-state index in [0.29, 0.717) is 11.7 Å². The second kappa shape index (κ2) is 3.75. The van der Waals surface area contributed by atoms with E-state index in [1.165, 1.54) is 0 Å². The molecule has 0 aliphatic carbocycles. The van der Waals surface area contributed by atoms with Crippen molar-refractivity contribution in [1.29, 1.82) is 0 Å². The highest BCUT2D eigenvalue weighted by atomic mass is 35.5. The highest BCUT2D eigenvalue weighted by Gasteiger charge is 2.00. The van der Waals surface area contributed by atoms with Crippen LogP contribution in [0.25, 0.3) is 5.82 Å². The summed E-state index contributed by atoms with van der Waals surface area (Å²) in [5.41, 5.74) is 1.72. The molecule has 0 fully saturated rings. The smallest absolute Gasteiger partial charge is 0.175 e. The molecular formula is C9H9ClN4. The summed E-state index contributed by atoms with van der Waals surface area (Å²) in [6.45, 7) is 1.93. The van der Waals surface area contributed by atoms with Crippen molar-refractivity contribution in [2.45, 2.75) is 12.8 Å². The normalized spacial score (nSPS) is 10.4. The molecule has 0 saturated heterocycles. The molecule has 0 spiro atoms. The molecular weight excluding hydrogens is 200 g/mol. The van der Waals surface area contributed by atoms with Gasteiger partial charge in [-0.2, -0.15) is 10.2 Å². The number of hydrogen-bond acceptors (Lipinski definition) is 3. The lowest BCUT2D eigenvalue weighted by atomic mass is 10.4. The van der Waals surface area contributed by atoms with Crippen LogP contribution in [0.5, 0.6) is 0 Å². The minimum absolute atomic E-state index is 0.380. The largest absolute Gasteiger partial charge is 0.221 e. The Morgan fingerprint density at radius 1 is 1.29 bits per heavy atom. The monoisotopic (exact) mass is 208 g/mol. The van der Waals surface area contributed by atoms with Crippen LogP contribution >= 0.6 is 11.6 Å². The topological polar surface area (TPSA) is 43.6 Å². The molecule has 0 bridgehead atoms. The first-order valence-electron chi connectivity index (χ1n) is 4.21. The predicted molar refractivity (Wildman–Crippen MR) is 53.4 cm³/mol. The number of aryl methyl sites for hydroxylation is 1. The minimum atomic E-state index is 0.380. The van der Waals surface area contributed by atoms with Gasteiger partial charge in [0, 0.05) is 6.20 Å². The molecule has 0 aliphatic rings. The molecule has 0 N–H and O–H groups in total. The summed E-state index contributed by atoms with van der Waals surface area (Å²) >= 11 is 5.60. The van der Waals surface area contributed by atoms with Crippen molar-refractivity contribution in [3.05, 3.63) is 35.8 Å². The van der Waals surface area contributed by atoms with Crippen LogP contribution < -0.4 is 0 Å². The number of aromatic nitrogens is 4. The van der Waals surface area contributed by atoms with E-state index in [2.05, 4.69) is 15.3 Å². The van der Waals surface area contributed by atoms with Crippen molar-refractivity contribution in [1.82, 2.24) is 20.0 Å². The third-order valence-corrected chi connectivity index (χ3v) is 2.07. The average molecular weight is 209 g/mol. The van der Waals surface area contributed by atoms with Gasteiger partial charge in [0.1, 0.15) is 0 Å². The number of hydrogen-bond donors (Lipinski definition) is 0. The van der Waals surface area contributed by atoms with Gasteiger partial charge in [0.25, 0.3) is 0 Å². The fourth-order valence-corrected chi connectivity index (χ4v) is 1.23. The Bertz CT molecular complexity index is 421. The lowest BCUT2D eigenvalue weighted by Gasteiger charge is -1.99. The highest BCUT2D eigenvalue weighted by molar-refractivity contribution is 6.16. The van der Waals surface area contributed by atoms with Crippen LogP contribution in [-0.2, 0) is 5.88 Å². The molecule has 72 valence electrons. The Morgan fingerprint density at radius 2 is 2.14 bits per heavy atom. The van der Waals surface area contributed by atoms with E-state index in [0.717, 1.165) is 11.4 Å². The molecule has 0 saturated carbocycles. The number of nitrogens with zero attached hydrogens (tertiary/aromatic N) is 4. The third-order valence-electron chi connectivity index (χ3n) is 1.80. The van der Waals surface area contributed by atoms with Crippen LogP contribution in [0, 0.1) is 6.92 Å². The summed E-state index contributed by atoms with van der Waals surface area (Å²) in [6.07, 6.45) is 1.85. The van der Waals surface area contributed by atoms with E-state index in [1.54, 1.807) is 4.68 Å². The maximum absolute atomic E-state index is 5.60. The van der Waals surface area contributed by atoms with Crippen LogP contribution in [-0.4, -0.2) is 20.0 Å². The standard InChI is InChI=1S/C9H9ClN4/c1-7-4-5-14(13-7)9-3-2-8(6-10)11-12-9/h2-5H,6H2,1H3. The first-order chi connectivity index (χ1) is 6.79. The Labute approximate surface area is 86.5 Å².